The number of nitrogens with zero attached hydrogens (tertiary/aromatic N) is 4. The van der Waals surface area contributed by atoms with Gasteiger partial charge in [0.1, 0.15) is 0 Å². The third-order valence-corrected chi connectivity index (χ3v) is 2.90. The molecule has 7 heteroatoms. The average molecular weight is 225 g/mol. The Bertz CT molecular complexity index is 389. The first-order valence-electron chi connectivity index (χ1n) is 5.13. The molecule has 1 atom stereocenters. The van der Waals surface area contributed by atoms with Crippen LogP contribution < -0.4 is 5.73 Å². The Morgan fingerprint density at radius 3 is 2.81 bits per heavy atom. The molecule has 0 bridgehead atoms. The zero-order valence-corrected chi connectivity index (χ0v) is 9.38. The highest BCUT2D eigenvalue weighted by atomic mass is 16.6. The van der Waals surface area contributed by atoms with Crippen LogP contribution in [0.1, 0.15) is 16.9 Å². The Labute approximate surface area is 93.1 Å². The van der Waals surface area contributed by atoms with E-state index in [-0.39, 0.29) is 17.4 Å². The number of nitrogen functional groups attached to an aromatic ring is 1. The lowest BCUT2D eigenvalue weighted by molar-refractivity contribution is 0.0772. The number of rotatable bonds is 2. The fourth-order valence-corrected chi connectivity index (χ4v) is 1.84. The second-order valence-corrected chi connectivity index (χ2v) is 4.16. The summed E-state index contributed by atoms with van der Waals surface area (Å²) >= 11 is 0. The first-order chi connectivity index (χ1) is 7.59. The number of likely N-dealkylation sites (tertiary alicyclic amines) is 1. The molecule has 1 amide bonds. The number of carbonyl (C=O) groups is 1. The van der Waals surface area contributed by atoms with E-state index in [2.05, 4.69) is 19.8 Å². The van der Waals surface area contributed by atoms with E-state index < -0.39 is 0 Å². The maximum atomic E-state index is 12.0. The van der Waals surface area contributed by atoms with E-state index in [9.17, 15) is 4.79 Å². The van der Waals surface area contributed by atoms with E-state index in [4.69, 9.17) is 5.73 Å². The van der Waals surface area contributed by atoms with Gasteiger partial charge in [0.05, 0.1) is 0 Å². The smallest absolute Gasteiger partial charge is 0.280 e. The molecular weight excluding hydrogens is 210 g/mol. The monoisotopic (exact) mass is 225 g/mol. The zero-order valence-electron chi connectivity index (χ0n) is 9.38. The SMILES string of the molecule is CN(C)C1CCN(C(=O)c2nonc2N)C1. The fourth-order valence-electron chi connectivity index (χ4n) is 1.84. The van der Waals surface area contributed by atoms with Crippen LogP contribution in [-0.4, -0.2) is 59.2 Å². The van der Waals surface area contributed by atoms with Crippen LogP contribution in [0.25, 0.3) is 0 Å². The van der Waals surface area contributed by atoms with Gasteiger partial charge in [0.15, 0.2) is 0 Å². The molecule has 0 aliphatic carbocycles. The molecule has 1 aliphatic heterocycles. The van der Waals surface area contributed by atoms with E-state index in [1.165, 1.54) is 0 Å². The van der Waals surface area contributed by atoms with Gasteiger partial charge >= 0.3 is 0 Å². The molecule has 0 aromatic carbocycles. The van der Waals surface area contributed by atoms with E-state index >= 15 is 0 Å². The largest absolute Gasteiger partial charge is 0.379 e. The maximum Gasteiger partial charge on any atom is 0.280 e. The van der Waals surface area contributed by atoms with Gasteiger partial charge in [-0.05, 0) is 30.8 Å². The number of amides is 1. The summed E-state index contributed by atoms with van der Waals surface area (Å²) in [5, 5.41) is 6.91. The molecular formula is C9H15N5O2. The number of nitrogens with two attached hydrogens (primary N) is 1. The molecule has 7 nitrogen and oxygen atoms in total. The van der Waals surface area contributed by atoms with Crippen LogP contribution in [0.5, 0.6) is 0 Å². The number of anilines is 1. The molecule has 1 aromatic rings. The minimum atomic E-state index is -0.205. The number of hydrogen-bond donors (Lipinski definition) is 1. The first kappa shape index (κ1) is 10.9. The van der Waals surface area contributed by atoms with Gasteiger partial charge in [0.2, 0.25) is 11.5 Å². The van der Waals surface area contributed by atoms with Gasteiger partial charge in [-0.15, -0.1) is 0 Å². The van der Waals surface area contributed by atoms with E-state index in [1.807, 2.05) is 14.1 Å². The lowest BCUT2D eigenvalue weighted by Gasteiger charge is -2.19. The molecule has 88 valence electrons. The van der Waals surface area contributed by atoms with Crippen molar-refractivity contribution in [3.8, 4) is 0 Å². The summed E-state index contributed by atoms with van der Waals surface area (Å²) in [4.78, 5) is 15.8. The standard InChI is InChI=1S/C9H15N5O2/c1-13(2)6-3-4-14(5-6)9(15)7-8(10)12-16-11-7/h6H,3-5H2,1-2H3,(H2,10,12). The van der Waals surface area contributed by atoms with Crippen molar-refractivity contribution in [1.82, 2.24) is 20.1 Å². The zero-order chi connectivity index (χ0) is 11.7. The lowest BCUT2D eigenvalue weighted by atomic mass is 10.2. The molecule has 1 unspecified atom stereocenters. The summed E-state index contributed by atoms with van der Waals surface area (Å²) < 4.78 is 4.42. The lowest BCUT2D eigenvalue weighted by Crippen LogP contribution is -2.34. The molecule has 1 fully saturated rings. The molecule has 1 saturated heterocycles. The van der Waals surface area contributed by atoms with Crippen LogP contribution in [0.15, 0.2) is 4.63 Å². The highest BCUT2D eigenvalue weighted by Crippen LogP contribution is 2.17. The van der Waals surface area contributed by atoms with E-state index in [0.717, 1.165) is 6.42 Å². The fraction of sp³-hybridized carbons (Fsp3) is 0.667. The molecule has 2 rings (SSSR count). The maximum absolute atomic E-state index is 12.0. The van der Waals surface area contributed by atoms with Gasteiger partial charge in [-0.25, -0.2) is 4.63 Å². The summed E-state index contributed by atoms with van der Waals surface area (Å²) in [5.41, 5.74) is 5.59. The number of hydrogen-bond acceptors (Lipinski definition) is 6. The average Bonchev–Trinajstić information content (AvgIpc) is 2.84. The van der Waals surface area contributed by atoms with Crippen LogP contribution in [0.4, 0.5) is 5.82 Å². The van der Waals surface area contributed by atoms with Crippen molar-refractivity contribution in [1.29, 1.82) is 0 Å². The van der Waals surface area contributed by atoms with Crippen molar-refractivity contribution in [3.63, 3.8) is 0 Å². The molecule has 0 saturated carbocycles. The van der Waals surface area contributed by atoms with Gasteiger partial charge in [0.25, 0.3) is 5.91 Å². The van der Waals surface area contributed by atoms with Gasteiger partial charge in [0, 0.05) is 19.1 Å². The Hall–Kier alpha value is -1.63. The van der Waals surface area contributed by atoms with Crippen LogP contribution in [0.2, 0.25) is 0 Å². The van der Waals surface area contributed by atoms with Gasteiger partial charge < -0.3 is 15.5 Å². The molecule has 2 heterocycles. The van der Waals surface area contributed by atoms with Crippen LogP contribution in [0.3, 0.4) is 0 Å². The third kappa shape index (κ3) is 1.85. The third-order valence-electron chi connectivity index (χ3n) is 2.90. The number of likely N-dealkylation sites (N-methyl/N-ethyl adjacent to an activating group) is 1. The molecule has 0 spiro atoms. The molecule has 0 radical (unpaired) electrons. The van der Waals surface area contributed by atoms with Gasteiger partial charge in [-0.3, -0.25) is 4.79 Å². The van der Waals surface area contributed by atoms with Crippen LogP contribution >= 0.6 is 0 Å². The Morgan fingerprint density at radius 1 is 1.56 bits per heavy atom. The summed E-state index contributed by atoms with van der Waals surface area (Å²) in [6, 6.07) is 0.394. The highest BCUT2D eigenvalue weighted by Gasteiger charge is 2.30. The van der Waals surface area contributed by atoms with Gasteiger partial charge in [-0.1, -0.05) is 0 Å². The highest BCUT2D eigenvalue weighted by molar-refractivity contribution is 5.96. The molecule has 1 aliphatic rings. The Kier molecular flexibility index (Phi) is 2.78. The topological polar surface area (TPSA) is 88.5 Å². The van der Waals surface area contributed by atoms with E-state index in [1.54, 1.807) is 4.90 Å². The second kappa shape index (κ2) is 4.09. The van der Waals surface area contributed by atoms with Crippen molar-refractivity contribution in [2.24, 2.45) is 0 Å². The summed E-state index contributed by atoms with van der Waals surface area (Å²) in [6.45, 7) is 1.41. The van der Waals surface area contributed by atoms with Crippen LogP contribution in [0, 0.1) is 0 Å². The Morgan fingerprint density at radius 2 is 2.31 bits per heavy atom. The summed E-state index contributed by atoms with van der Waals surface area (Å²) in [6.07, 6.45) is 0.962. The van der Waals surface area contributed by atoms with Crippen molar-refractivity contribution in [2.45, 2.75) is 12.5 Å². The first-order valence-corrected chi connectivity index (χ1v) is 5.13. The predicted molar refractivity (Wildman–Crippen MR) is 56.7 cm³/mol. The number of carbonyl (C=O) groups excluding carboxylic acids is 1. The van der Waals surface area contributed by atoms with Crippen molar-refractivity contribution in [3.05, 3.63) is 5.69 Å². The van der Waals surface area contributed by atoms with Crippen molar-refractivity contribution in [2.75, 3.05) is 32.9 Å². The predicted octanol–water partition coefficient (Wildman–Crippen LogP) is -0.572. The van der Waals surface area contributed by atoms with E-state index in [0.29, 0.717) is 19.1 Å². The molecule has 2 N–H and O–H groups in total. The van der Waals surface area contributed by atoms with Crippen molar-refractivity contribution >= 4 is 11.7 Å². The van der Waals surface area contributed by atoms with Gasteiger partial charge in [-0.2, -0.15) is 0 Å². The second-order valence-electron chi connectivity index (χ2n) is 4.16. The number of aromatic nitrogens is 2. The summed E-state index contributed by atoms with van der Waals surface area (Å²) in [7, 11) is 4.01. The minimum Gasteiger partial charge on any atom is -0.379 e. The van der Waals surface area contributed by atoms with Crippen molar-refractivity contribution < 1.29 is 9.42 Å². The minimum absolute atomic E-state index is 0.0540. The Balaban J connectivity index is 2.05. The molecule has 16 heavy (non-hydrogen) atoms. The van der Waals surface area contributed by atoms with Crippen LogP contribution in [-0.2, 0) is 0 Å². The normalized spacial score (nSPS) is 20.7. The molecule has 1 aromatic heterocycles. The summed E-state index contributed by atoms with van der Waals surface area (Å²) in [5.74, 6) is -0.151. The quantitative estimate of drug-likeness (QED) is 0.725.